The highest BCUT2D eigenvalue weighted by molar-refractivity contribution is 5.78. The number of aromatic nitrogens is 2. The van der Waals surface area contributed by atoms with Gasteiger partial charge in [0.1, 0.15) is 5.82 Å². The molecule has 0 amide bonds. The molecule has 1 aliphatic rings. The van der Waals surface area contributed by atoms with Crippen molar-refractivity contribution in [3.63, 3.8) is 0 Å². The average molecular weight is 207 g/mol. The Balaban J connectivity index is 2.00. The van der Waals surface area contributed by atoms with Gasteiger partial charge in [-0.15, -0.1) is 0 Å². The Kier molecular flexibility index (Phi) is 2.30. The van der Waals surface area contributed by atoms with Crippen LogP contribution in [0, 0.1) is 12.3 Å². The summed E-state index contributed by atoms with van der Waals surface area (Å²) in [4.78, 5) is 19.1. The van der Waals surface area contributed by atoms with E-state index in [0.29, 0.717) is 12.4 Å². The third kappa shape index (κ3) is 1.91. The summed E-state index contributed by atoms with van der Waals surface area (Å²) in [5.41, 5.74) is 0.225. The zero-order valence-electron chi connectivity index (χ0n) is 8.53. The highest BCUT2D eigenvalue weighted by Gasteiger charge is 2.50. The summed E-state index contributed by atoms with van der Waals surface area (Å²) in [6.07, 6.45) is 4.70. The molecule has 0 unspecified atom stereocenters. The highest BCUT2D eigenvalue weighted by Crippen LogP contribution is 2.45. The molecule has 1 heterocycles. The van der Waals surface area contributed by atoms with E-state index in [1.165, 1.54) is 0 Å². The molecule has 15 heavy (non-hydrogen) atoms. The molecule has 1 aliphatic carbocycles. The number of carboxylic acids is 1. The van der Waals surface area contributed by atoms with Crippen molar-refractivity contribution in [3.05, 3.63) is 18.1 Å². The van der Waals surface area contributed by atoms with Gasteiger partial charge in [-0.1, -0.05) is 0 Å². The van der Waals surface area contributed by atoms with Crippen LogP contribution in [0.3, 0.4) is 0 Å². The molecule has 1 saturated carbocycles. The molecule has 2 N–H and O–H groups in total. The van der Waals surface area contributed by atoms with Crippen LogP contribution >= 0.6 is 0 Å². The average Bonchev–Trinajstić information content (AvgIpc) is 2.98. The van der Waals surface area contributed by atoms with Crippen LogP contribution in [0.15, 0.2) is 12.4 Å². The van der Waals surface area contributed by atoms with Crippen molar-refractivity contribution in [2.45, 2.75) is 19.8 Å². The summed E-state index contributed by atoms with van der Waals surface area (Å²) in [5.74, 6) is -0.0541. The van der Waals surface area contributed by atoms with Crippen LogP contribution in [0.4, 0.5) is 5.82 Å². The Bertz CT molecular complexity index is 388. The summed E-state index contributed by atoms with van der Waals surface area (Å²) in [7, 11) is 0. The molecule has 80 valence electrons. The molecule has 5 heteroatoms. The maximum absolute atomic E-state index is 10.9. The number of hydrogen-bond acceptors (Lipinski definition) is 4. The first-order chi connectivity index (χ1) is 7.14. The number of hydrogen-bond donors (Lipinski definition) is 2. The number of aryl methyl sites for hydroxylation is 1. The van der Waals surface area contributed by atoms with Crippen LogP contribution in [0.5, 0.6) is 0 Å². The minimum atomic E-state index is -0.725. The summed E-state index contributed by atoms with van der Waals surface area (Å²) in [6, 6.07) is 0. The van der Waals surface area contributed by atoms with Crippen molar-refractivity contribution in [3.8, 4) is 0 Å². The van der Waals surface area contributed by atoms with Crippen molar-refractivity contribution < 1.29 is 9.90 Å². The molecular formula is C10H13N3O2. The van der Waals surface area contributed by atoms with Crippen LogP contribution in [0.2, 0.25) is 0 Å². The van der Waals surface area contributed by atoms with Gasteiger partial charge in [0.25, 0.3) is 0 Å². The van der Waals surface area contributed by atoms with Gasteiger partial charge in [0.2, 0.25) is 0 Å². The first kappa shape index (κ1) is 9.89. The zero-order chi connectivity index (χ0) is 10.9. The Labute approximate surface area is 87.6 Å². The van der Waals surface area contributed by atoms with Crippen molar-refractivity contribution in [1.82, 2.24) is 9.97 Å². The van der Waals surface area contributed by atoms with Crippen molar-refractivity contribution in [1.29, 1.82) is 0 Å². The fraction of sp³-hybridized carbons (Fsp3) is 0.500. The lowest BCUT2D eigenvalue weighted by Gasteiger charge is -2.12. The van der Waals surface area contributed by atoms with Crippen LogP contribution in [0.1, 0.15) is 18.5 Å². The predicted octanol–water partition coefficient (Wildman–Crippen LogP) is 1.06. The van der Waals surface area contributed by atoms with E-state index in [9.17, 15) is 4.79 Å². The quantitative estimate of drug-likeness (QED) is 0.772. The van der Waals surface area contributed by atoms with Gasteiger partial charge in [-0.2, -0.15) is 0 Å². The van der Waals surface area contributed by atoms with E-state index in [-0.39, 0.29) is 0 Å². The minimum Gasteiger partial charge on any atom is -0.481 e. The fourth-order valence-electron chi connectivity index (χ4n) is 1.45. The summed E-state index contributed by atoms with van der Waals surface area (Å²) < 4.78 is 0. The smallest absolute Gasteiger partial charge is 0.311 e. The summed E-state index contributed by atoms with van der Waals surface area (Å²) in [5, 5.41) is 12.0. The summed E-state index contributed by atoms with van der Waals surface area (Å²) in [6.45, 7) is 2.28. The molecule has 1 aromatic rings. The van der Waals surface area contributed by atoms with Crippen LogP contribution < -0.4 is 5.32 Å². The largest absolute Gasteiger partial charge is 0.481 e. The van der Waals surface area contributed by atoms with Gasteiger partial charge < -0.3 is 10.4 Å². The lowest BCUT2D eigenvalue weighted by molar-refractivity contribution is -0.142. The molecule has 0 atom stereocenters. The van der Waals surface area contributed by atoms with Crippen LogP contribution in [-0.2, 0) is 4.79 Å². The lowest BCUT2D eigenvalue weighted by atomic mass is 10.1. The number of rotatable bonds is 4. The Morgan fingerprint density at radius 3 is 2.73 bits per heavy atom. The summed E-state index contributed by atoms with van der Waals surface area (Å²) >= 11 is 0. The third-order valence-corrected chi connectivity index (χ3v) is 2.78. The first-order valence-corrected chi connectivity index (χ1v) is 4.89. The maximum Gasteiger partial charge on any atom is 0.311 e. The van der Waals surface area contributed by atoms with E-state index in [1.807, 2.05) is 6.92 Å². The van der Waals surface area contributed by atoms with E-state index < -0.39 is 11.4 Å². The number of aliphatic carboxylic acids is 1. The van der Waals surface area contributed by atoms with Gasteiger partial charge >= 0.3 is 5.97 Å². The molecule has 1 fully saturated rings. The van der Waals surface area contributed by atoms with Crippen LogP contribution in [-0.4, -0.2) is 27.6 Å². The topological polar surface area (TPSA) is 75.1 Å². The van der Waals surface area contributed by atoms with Gasteiger partial charge in [0, 0.05) is 18.9 Å². The van der Waals surface area contributed by atoms with Crippen molar-refractivity contribution >= 4 is 11.8 Å². The second-order valence-corrected chi connectivity index (χ2v) is 3.93. The lowest BCUT2D eigenvalue weighted by Crippen LogP contribution is -2.25. The predicted molar refractivity (Wildman–Crippen MR) is 54.6 cm³/mol. The molecule has 0 aromatic carbocycles. The van der Waals surface area contributed by atoms with Gasteiger partial charge in [-0.3, -0.25) is 9.78 Å². The molecule has 0 aliphatic heterocycles. The number of carboxylic acid groups (broad SMARTS) is 1. The van der Waals surface area contributed by atoms with Crippen molar-refractivity contribution in [2.24, 2.45) is 5.41 Å². The van der Waals surface area contributed by atoms with Gasteiger partial charge in [0.15, 0.2) is 0 Å². The van der Waals surface area contributed by atoms with Crippen molar-refractivity contribution in [2.75, 3.05) is 11.9 Å². The minimum absolute atomic E-state index is 0.432. The number of nitrogens with one attached hydrogen (secondary N) is 1. The van der Waals surface area contributed by atoms with Gasteiger partial charge in [-0.05, 0) is 19.8 Å². The number of nitrogens with zero attached hydrogens (tertiary/aromatic N) is 2. The second kappa shape index (κ2) is 3.49. The Hall–Kier alpha value is -1.65. The molecule has 0 saturated heterocycles. The zero-order valence-corrected chi connectivity index (χ0v) is 8.53. The fourth-order valence-corrected chi connectivity index (χ4v) is 1.45. The molecule has 0 radical (unpaired) electrons. The molecule has 0 bridgehead atoms. The molecule has 0 spiro atoms. The van der Waals surface area contributed by atoms with E-state index in [1.54, 1.807) is 12.4 Å². The number of anilines is 1. The van der Waals surface area contributed by atoms with Gasteiger partial charge in [0.05, 0.1) is 11.1 Å². The van der Waals surface area contributed by atoms with E-state index in [4.69, 9.17) is 5.11 Å². The van der Waals surface area contributed by atoms with E-state index in [0.717, 1.165) is 18.5 Å². The van der Waals surface area contributed by atoms with Gasteiger partial charge in [-0.25, -0.2) is 4.98 Å². The third-order valence-electron chi connectivity index (χ3n) is 2.78. The monoisotopic (exact) mass is 207 g/mol. The normalized spacial score (nSPS) is 17.1. The number of carbonyl (C=O) groups is 1. The van der Waals surface area contributed by atoms with E-state index in [2.05, 4.69) is 15.3 Å². The SMILES string of the molecule is Cc1nccnc1NCC1(C(=O)O)CC1. The Morgan fingerprint density at radius 2 is 2.20 bits per heavy atom. The van der Waals surface area contributed by atoms with E-state index >= 15 is 0 Å². The highest BCUT2D eigenvalue weighted by atomic mass is 16.4. The van der Waals surface area contributed by atoms with Crippen LogP contribution in [0.25, 0.3) is 0 Å². The molecule has 2 rings (SSSR count). The second-order valence-electron chi connectivity index (χ2n) is 3.93. The Morgan fingerprint density at radius 1 is 1.53 bits per heavy atom. The molecule has 1 aromatic heterocycles. The standard InChI is InChI=1S/C10H13N3O2/c1-7-8(12-5-4-11-7)13-6-10(2-3-10)9(14)15/h4-5H,2-3,6H2,1H3,(H,12,13)(H,14,15). The first-order valence-electron chi connectivity index (χ1n) is 4.89. The molecular weight excluding hydrogens is 194 g/mol. The molecule has 5 nitrogen and oxygen atoms in total. The maximum atomic E-state index is 10.9.